The molecule has 0 bridgehead atoms. The molecule has 3 N–H and O–H groups in total. The molecule has 2 fully saturated rings. The minimum Gasteiger partial charge on any atom is -0.459 e. The van der Waals surface area contributed by atoms with Crippen LogP contribution in [0.1, 0.15) is 86.3 Å². The Labute approximate surface area is 336 Å². The summed E-state index contributed by atoms with van der Waals surface area (Å²) in [7, 11) is -3.98. The zero-order valence-electron chi connectivity index (χ0n) is 33.4. The molecule has 6 atom stereocenters. The number of aliphatic hydroxyl groups is 1. The van der Waals surface area contributed by atoms with Crippen molar-refractivity contribution < 1.29 is 37.3 Å². The van der Waals surface area contributed by atoms with Gasteiger partial charge in [-0.1, -0.05) is 103 Å². The summed E-state index contributed by atoms with van der Waals surface area (Å²) in [5.41, 5.74) is 4.54. The van der Waals surface area contributed by atoms with Crippen molar-refractivity contribution in [1.29, 1.82) is 0 Å². The number of aryl methyl sites for hydroxylation is 1. The van der Waals surface area contributed by atoms with Gasteiger partial charge >= 0.3 is 5.97 Å². The lowest BCUT2D eigenvalue weighted by Gasteiger charge is -2.43. The molecule has 0 spiro atoms. The number of esters is 1. The molecule has 4 aromatic rings. The first-order valence-corrected chi connectivity index (χ1v) is 21.1. The normalized spacial score (nSPS) is 22.2. The summed E-state index contributed by atoms with van der Waals surface area (Å²) in [5, 5.41) is 12.6. The maximum Gasteiger partial charge on any atom is 0.323 e. The monoisotopic (exact) mass is 797 g/mol. The Bertz CT molecular complexity index is 2050. The van der Waals surface area contributed by atoms with Crippen LogP contribution in [0.4, 0.5) is 0 Å². The second-order valence-electron chi connectivity index (χ2n) is 16.1. The molecular formula is C45H55N3O8S. The highest BCUT2D eigenvalue weighted by atomic mass is 32.2. The standard InChI is InChI=1S/C45H55N3O8S/c1-30-13-23-37(24-14-30)57(52,53)47-38(26-32-10-7-6-8-11-32)42(50)46-27-33-15-21-36(22-16-33)44-54-40(28-48-25-9-12-39(48)43(51)56-45(3,4)5)31(2)41(55-44)35-19-17-34(29-49)18-20-35/h6-8,10-11,13-24,31,38-41,44,47,49H,9,12,25-29H2,1-5H3,(H,46,50)/t31-,38+,39-,40+,41+,44+/m0/s1. The molecule has 0 aliphatic carbocycles. The number of nitrogens with zero attached hydrogens (tertiary/aromatic N) is 1. The summed E-state index contributed by atoms with van der Waals surface area (Å²) in [5.74, 6) is -0.732. The molecule has 11 nitrogen and oxygen atoms in total. The van der Waals surface area contributed by atoms with Crippen LogP contribution in [0.3, 0.4) is 0 Å². The van der Waals surface area contributed by atoms with Gasteiger partial charge in [-0.15, -0.1) is 0 Å². The van der Waals surface area contributed by atoms with Gasteiger partial charge in [0.05, 0.1) is 23.7 Å². The summed E-state index contributed by atoms with van der Waals surface area (Å²) in [6, 6.07) is 29.7. The van der Waals surface area contributed by atoms with Gasteiger partial charge in [-0.25, -0.2) is 8.42 Å². The van der Waals surface area contributed by atoms with Crippen molar-refractivity contribution in [3.8, 4) is 0 Å². The highest BCUT2D eigenvalue weighted by molar-refractivity contribution is 7.89. The first-order valence-electron chi connectivity index (χ1n) is 19.7. The van der Waals surface area contributed by atoms with E-state index in [2.05, 4.69) is 21.9 Å². The summed E-state index contributed by atoms with van der Waals surface area (Å²) >= 11 is 0. The smallest absolute Gasteiger partial charge is 0.323 e. The Morgan fingerprint density at radius 3 is 2.18 bits per heavy atom. The third-order valence-corrected chi connectivity index (χ3v) is 12.0. The van der Waals surface area contributed by atoms with Crippen molar-refractivity contribution in [2.75, 3.05) is 13.1 Å². The predicted molar refractivity (Wildman–Crippen MR) is 217 cm³/mol. The van der Waals surface area contributed by atoms with E-state index in [9.17, 15) is 23.1 Å². The van der Waals surface area contributed by atoms with E-state index in [0.29, 0.717) is 6.54 Å². The van der Waals surface area contributed by atoms with Gasteiger partial charge in [-0.3, -0.25) is 14.5 Å². The van der Waals surface area contributed by atoms with E-state index in [1.807, 2.05) is 107 Å². The van der Waals surface area contributed by atoms with Crippen molar-refractivity contribution in [2.45, 2.75) is 108 Å². The number of sulfonamides is 1. The second-order valence-corrected chi connectivity index (χ2v) is 17.9. The molecule has 2 aliphatic heterocycles. The minimum atomic E-state index is -3.98. The van der Waals surface area contributed by atoms with Crippen LogP contribution in [0.25, 0.3) is 0 Å². The third kappa shape index (κ3) is 11.2. The molecule has 6 rings (SSSR count). The summed E-state index contributed by atoms with van der Waals surface area (Å²) in [6.07, 6.45) is 0.469. The molecule has 304 valence electrons. The van der Waals surface area contributed by atoms with Crippen LogP contribution in [0.15, 0.2) is 108 Å². The molecule has 4 aromatic carbocycles. The quantitative estimate of drug-likeness (QED) is 0.126. The molecule has 2 saturated heterocycles. The molecule has 2 heterocycles. The fraction of sp³-hybridized carbons (Fsp3) is 0.422. The fourth-order valence-corrected chi connectivity index (χ4v) is 8.55. The Morgan fingerprint density at radius 1 is 0.877 bits per heavy atom. The van der Waals surface area contributed by atoms with Crippen molar-refractivity contribution in [1.82, 2.24) is 14.9 Å². The van der Waals surface area contributed by atoms with Gasteiger partial charge in [0.25, 0.3) is 0 Å². The van der Waals surface area contributed by atoms with E-state index in [1.165, 1.54) is 12.1 Å². The minimum absolute atomic E-state index is 0.0553. The number of amides is 1. The molecule has 2 aliphatic rings. The van der Waals surface area contributed by atoms with Crippen LogP contribution in [0.5, 0.6) is 0 Å². The molecule has 0 saturated carbocycles. The van der Waals surface area contributed by atoms with Crippen molar-refractivity contribution in [3.05, 3.63) is 137 Å². The van der Waals surface area contributed by atoms with E-state index in [4.69, 9.17) is 14.2 Å². The average molecular weight is 798 g/mol. The van der Waals surface area contributed by atoms with E-state index in [0.717, 1.165) is 52.8 Å². The highest BCUT2D eigenvalue weighted by Crippen LogP contribution is 2.42. The summed E-state index contributed by atoms with van der Waals surface area (Å²) in [6.45, 7) is 11.0. The number of ether oxygens (including phenoxy) is 3. The number of benzene rings is 4. The SMILES string of the molecule is Cc1ccc(S(=O)(=O)N[C@H](Cc2ccccc2)C(=O)NCc2ccc([C@@H]3O[C@H](CN4CCC[C@H]4C(=O)OC(C)(C)C)[C@H](C)[C@H](c4ccc(CO)cc4)O3)cc2)cc1. The lowest BCUT2D eigenvalue weighted by Crippen LogP contribution is -2.48. The van der Waals surface area contributed by atoms with Gasteiger partial charge < -0.3 is 24.6 Å². The molecule has 0 aromatic heterocycles. The first kappa shape index (κ1) is 42.2. The summed E-state index contributed by atoms with van der Waals surface area (Å²) < 4.78 is 48.4. The maximum absolute atomic E-state index is 13.6. The van der Waals surface area contributed by atoms with Gasteiger partial charge in [-0.2, -0.15) is 4.72 Å². The molecule has 0 radical (unpaired) electrons. The van der Waals surface area contributed by atoms with E-state index >= 15 is 0 Å². The van der Waals surface area contributed by atoms with Gasteiger partial charge in [0.1, 0.15) is 17.7 Å². The zero-order valence-corrected chi connectivity index (χ0v) is 34.2. The van der Waals surface area contributed by atoms with E-state index < -0.39 is 33.9 Å². The number of nitrogens with one attached hydrogen (secondary N) is 2. The van der Waals surface area contributed by atoms with Gasteiger partial charge in [-0.05, 0) is 87.9 Å². The van der Waals surface area contributed by atoms with Crippen LogP contribution in [-0.2, 0) is 53.4 Å². The number of hydrogen-bond acceptors (Lipinski definition) is 9. The van der Waals surface area contributed by atoms with Crippen molar-refractivity contribution in [2.24, 2.45) is 5.92 Å². The Hall–Kier alpha value is -4.43. The number of rotatable bonds is 14. The number of hydrogen-bond donors (Lipinski definition) is 3. The number of likely N-dealkylation sites (tertiary alicyclic amines) is 1. The molecule has 57 heavy (non-hydrogen) atoms. The lowest BCUT2D eigenvalue weighted by atomic mass is 9.90. The van der Waals surface area contributed by atoms with Crippen LogP contribution < -0.4 is 10.0 Å². The molecule has 12 heteroatoms. The number of carbonyl (C=O) groups excluding carboxylic acids is 2. The van der Waals surface area contributed by atoms with E-state index in [1.54, 1.807) is 12.1 Å². The molecule has 1 amide bonds. The van der Waals surface area contributed by atoms with Crippen LogP contribution in [0.2, 0.25) is 0 Å². The lowest BCUT2D eigenvalue weighted by molar-refractivity contribution is -0.276. The van der Waals surface area contributed by atoms with Gasteiger partial charge in [0.15, 0.2) is 6.29 Å². The van der Waals surface area contributed by atoms with Crippen LogP contribution in [0, 0.1) is 12.8 Å². The Morgan fingerprint density at radius 2 is 1.53 bits per heavy atom. The van der Waals surface area contributed by atoms with Gasteiger partial charge in [0, 0.05) is 24.6 Å². The predicted octanol–water partition coefficient (Wildman–Crippen LogP) is 6.29. The molecule has 0 unspecified atom stereocenters. The van der Waals surface area contributed by atoms with Crippen molar-refractivity contribution >= 4 is 21.9 Å². The van der Waals surface area contributed by atoms with Gasteiger partial charge in [0.2, 0.25) is 15.9 Å². The third-order valence-electron chi connectivity index (χ3n) is 10.5. The van der Waals surface area contributed by atoms with Crippen LogP contribution >= 0.6 is 0 Å². The Balaban J connectivity index is 1.16. The van der Waals surface area contributed by atoms with Crippen molar-refractivity contribution in [3.63, 3.8) is 0 Å². The van der Waals surface area contributed by atoms with Crippen LogP contribution in [-0.4, -0.2) is 67.2 Å². The molecular weight excluding hydrogens is 743 g/mol. The summed E-state index contributed by atoms with van der Waals surface area (Å²) in [4.78, 5) is 29.1. The maximum atomic E-state index is 13.6. The second kappa shape index (κ2) is 18.4. The highest BCUT2D eigenvalue weighted by Gasteiger charge is 2.42. The number of aliphatic hydroxyl groups excluding tert-OH is 1. The fourth-order valence-electron chi connectivity index (χ4n) is 7.36. The Kier molecular flexibility index (Phi) is 13.6. The zero-order chi connectivity index (χ0) is 40.7. The number of carbonyl (C=O) groups is 2. The first-order chi connectivity index (χ1) is 27.2. The largest absolute Gasteiger partial charge is 0.459 e. The average Bonchev–Trinajstić information content (AvgIpc) is 3.66. The van der Waals surface area contributed by atoms with E-state index in [-0.39, 0.29) is 54.6 Å². The topological polar surface area (TPSA) is 144 Å².